The second-order valence-electron chi connectivity index (χ2n) is 5.37. The van der Waals surface area contributed by atoms with E-state index in [1.807, 2.05) is 6.92 Å². The van der Waals surface area contributed by atoms with Crippen LogP contribution in [0.4, 0.5) is 8.78 Å². The Kier molecular flexibility index (Phi) is 5.45. The number of esters is 1. The molecule has 116 valence electrons. The van der Waals surface area contributed by atoms with Crippen LogP contribution in [0.1, 0.15) is 65.3 Å². The van der Waals surface area contributed by atoms with Gasteiger partial charge >= 0.3 is 5.97 Å². The lowest BCUT2D eigenvalue weighted by molar-refractivity contribution is 0.0503. The molecule has 1 saturated carbocycles. The summed E-state index contributed by atoms with van der Waals surface area (Å²) in [6.45, 7) is 3.49. The summed E-state index contributed by atoms with van der Waals surface area (Å²) in [6.07, 6.45) is 2.21. The van der Waals surface area contributed by atoms with Crippen LogP contribution in [0.2, 0.25) is 0 Å². The Balaban J connectivity index is 1.73. The van der Waals surface area contributed by atoms with Crippen molar-refractivity contribution in [3.63, 3.8) is 0 Å². The van der Waals surface area contributed by atoms with Crippen molar-refractivity contribution >= 4 is 17.3 Å². The summed E-state index contributed by atoms with van der Waals surface area (Å²) >= 11 is 1.42. The van der Waals surface area contributed by atoms with Gasteiger partial charge in [-0.1, -0.05) is 0 Å². The second-order valence-corrected chi connectivity index (χ2v) is 6.41. The third-order valence-electron chi connectivity index (χ3n) is 3.43. The molecule has 1 fully saturated rings. The number of allylic oxidation sites excluding steroid dienone is 1. The number of carbonyl (C=O) groups is 1. The minimum atomic E-state index is -1.61. The van der Waals surface area contributed by atoms with Gasteiger partial charge in [-0.2, -0.15) is 8.78 Å². The Morgan fingerprint density at radius 3 is 2.71 bits per heavy atom. The first-order valence-corrected chi connectivity index (χ1v) is 7.96. The lowest BCUT2D eigenvalue weighted by Gasteiger charge is -2.04. The van der Waals surface area contributed by atoms with Crippen LogP contribution in [0.3, 0.4) is 0 Å². The second kappa shape index (κ2) is 7.11. The highest BCUT2D eigenvalue weighted by Crippen LogP contribution is 2.42. The topological polar surface area (TPSA) is 39.2 Å². The van der Waals surface area contributed by atoms with Gasteiger partial charge in [0.2, 0.25) is 0 Å². The SMILES string of the molecule is CC(CCCCOC(=O)c1sc(C2CC2)nc1C)=C(F)F. The van der Waals surface area contributed by atoms with Gasteiger partial charge in [0.1, 0.15) is 4.88 Å². The molecular formula is C15H19F2NO2S. The quantitative estimate of drug-likeness (QED) is 0.534. The molecule has 3 nitrogen and oxygen atoms in total. The average molecular weight is 315 g/mol. The predicted molar refractivity (Wildman–Crippen MR) is 77.9 cm³/mol. The molecule has 0 saturated heterocycles. The van der Waals surface area contributed by atoms with Crippen LogP contribution in [-0.4, -0.2) is 17.6 Å². The van der Waals surface area contributed by atoms with Gasteiger partial charge in [-0.3, -0.25) is 0 Å². The van der Waals surface area contributed by atoms with Crippen LogP contribution < -0.4 is 0 Å². The van der Waals surface area contributed by atoms with Crippen LogP contribution in [0.15, 0.2) is 11.7 Å². The molecule has 1 aromatic rings. The molecule has 0 spiro atoms. The number of aryl methyl sites for hydroxylation is 1. The van der Waals surface area contributed by atoms with Gasteiger partial charge in [0.15, 0.2) is 0 Å². The zero-order chi connectivity index (χ0) is 15.4. The van der Waals surface area contributed by atoms with E-state index in [9.17, 15) is 13.6 Å². The molecule has 0 unspecified atom stereocenters. The van der Waals surface area contributed by atoms with E-state index in [-0.39, 0.29) is 18.1 Å². The maximum absolute atomic E-state index is 12.2. The van der Waals surface area contributed by atoms with Gasteiger partial charge in [-0.15, -0.1) is 11.3 Å². The highest BCUT2D eigenvalue weighted by atomic mass is 32.1. The number of thiazole rings is 1. The third kappa shape index (κ3) is 4.59. The smallest absolute Gasteiger partial charge is 0.350 e. The first kappa shape index (κ1) is 16.1. The van der Waals surface area contributed by atoms with E-state index in [0.29, 0.717) is 30.1 Å². The Bertz CT molecular complexity index is 546. The van der Waals surface area contributed by atoms with E-state index < -0.39 is 6.08 Å². The summed E-state index contributed by atoms with van der Waals surface area (Å²) in [5, 5.41) is 1.03. The zero-order valence-corrected chi connectivity index (χ0v) is 13.1. The highest BCUT2D eigenvalue weighted by Gasteiger charge is 2.29. The van der Waals surface area contributed by atoms with Gasteiger partial charge in [-0.05, 0) is 51.5 Å². The molecule has 6 heteroatoms. The molecule has 1 heterocycles. The fourth-order valence-electron chi connectivity index (χ4n) is 1.93. The summed E-state index contributed by atoms with van der Waals surface area (Å²) in [6, 6.07) is 0. The molecule has 0 bridgehead atoms. The molecule has 1 aliphatic rings. The third-order valence-corrected chi connectivity index (χ3v) is 4.73. The van der Waals surface area contributed by atoms with Crippen molar-refractivity contribution < 1.29 is 18.3 Å². The number of halogens is 2. The normalized spacial score (nSPS) is 14.1. The van der Waals surface area contributed by atoms with Crippen molar-refractivity contribution in [1.29, 1.82) is 0 Å². The Hall–Kier alpha value is -1.30. The number of hydrogen-bond acceptors (Lipinski definition) is 4. The molecule has 0 aromatic carbocycles. The fraction of sp³-hybridized carbons (Fsp3) is 0.600. The number of rotatable bonds is 7. The van der Waals surface area contributed by atoms with Crippen LogP contribution in [-0.2, 0) is 4.74 Å². The zero-order valence-electron chi connectivity index (χ0n) is 12.2. The van der Waals surface area contributed by atoms with Gasteiger partial charge in [0.05, 0.1) is 17.3 Å². The molecule has 1 aliphatic carbocycles. The van der Waals surface area contributed by atoms with Crippen LogP contribution in [0.5, 0.6) is 0 Å². The van der Waals surface area contributed by atoms with Gasteiger partial charge in [-0.25, -0.2) is 9.78 Å². The molecule has 1 aromatic heterocycles. The average Bonchev–Trinajstić information content (AvgIpc) is 3.21. The van der Waals surface area contributed by atoms with E-state index in [0.717, 1.165) is 23.5 Å². The summed E-state index contributed by atoms with van der Waals surface area (Å²) in [5.41, 5.74) is 0.832. The molecular weight excluding hydrogens is 296 g/mol. The Morgan fingerprint density at radius 2 is 2.10 bits per heavy atom. The Morgan fingerprint density at radius 1 is 1.38 bits per heavy atom. The van der Waals surface area contributed by atoms with Gasteiger partial charge < -0.3 is 4.74 Å². The molecule has 0 radical (unpaired) electrons. The number of ether oxygens (including phenoxy) is 1. The number of unbranched alkanes of at least 4 members (excludes halogenated alkanes) is 1. The summed E-state index contributed by atoms with van der Waals surface area (Å²) in [7, 11) is 0. The molecule has 21 heavy (non-hydrogen) atoms. The van der Waals surface area contributed by atoms with E-state index >= 15 is 0 Å². The predicted octanol–water partition coefficient (Wildman–Crippen LogP) is 4.83. The van der Waals surface area contributed by atoms with Crippen LogP contribution >= 0.6 is 11.3 Å². The van der Waals surface area contributed by atoms with Crippen molar-refractivity contribution in [2.45, 2.75) is 51.9 Å². The van der Waals surface area contributed by atoms with Crippen molar-refractivity contribution in [2.24, 2.45) is 0 Å². The monoisotopic (exact) mass is 315 g/mol. The first-order chi connectivity index (χ1) is 9.99. The van der Waals surface area contributed by atoms with E-state index in [1.54, 1.807) is 0 Å². The minimum absolute atomic E-state index is 0.105. The Labute approximate surface area is 127 Å². The maximum atomic E-state index is 12.2. The summed E-state index contributed by atoms with van der Waals surface area (Å²) in [5.74, 6) is 0.182. The molecule has 0 atom stereocenters. The number of nitrogens with zero attached hydrogens (tertiary/aromatic N) is 1. The van der Waals surface area contributed by atoms with E-state index in [4.69, 9.17) is 4.74 Å². The van der Waals surface area contributed by atoms with E-state index in [2.05, 4.69) is 4.98 Å². The number of hydrogen-bond donors (Lipinski definition) is 0. The first-order valence-electron chi connectivity index (χ1n) is 7.14. The van der Waals surface area contributed by atoms with Gasteiger partial charge in [0, 0.05) is 5.92 Å². The fourth-order valence-corrected chi connectivity index (χ4v) is 3.06. The van der Waals surface area contributed by atoms with Crippen molar-refractivity contribution in [3.05, 3.63) is 27.2 Å². The molecule has 0 aliphatic heterocycles. The summed E-state index contributed by atoms with van der Waals surface area (Å²) < 4.78 is 29.6. The van der Waals surface area contributed by atoms with Gasteiger partial charge in [0.25, 0.3) is 6.08 Å². The molecule has 0 amide bonds. The lowest BCUT2D eigenvalue weighted by atomic mass is 10.1. The number of aromatic nitrogens is 1. The molecule has 0 N–H and O–H groups in total. The van der Waals surface area contributed by atoms with Crippen LogP contribution in [0, 0.1) is 6.92 Å². The maximum Gasteiger partial charge on any atom is 0.350 e. The standard InChI is InChI=1S/C15H19F2NO2S/c1-9(13(16)17)5-3-4-8-20-15(19)12-10(2)18-14(21-12)11-6-7-11/h11H,3-8H2,1-2H3. The van der Waals surface area contributed by atoms with E-state index in [1.165, 1.54) is 18.3 Å². The lowest BCUT2D eigenvalue weighted by Crippen LogP contribution is -2.06. The van der Waals surface area contributed by atoms with Crippen molar-refractivity contribution in [2.75, 3.05) is 6.61 Å². The number of carbonyl (C=O) groups excluding carboxylic acids is 1. The van der Waals surface area contributed by atoms with Crippen molar-refractivity contribution in [1.82, 2.24) is 4.98 Å². The van der Waals surface area contributed by atoms with Crippen LogP contribution in [0.25, 0.3) is 0 Å². The summed E-state index contributed by atoms with van der Waals surface area (Å²) in [4.78, 5) is 16.9. The minimum Gasteiger partial charge on any atom is -0.461 e. The largest absolute Gasteiger partial charge is 0.461 e. The highest BCUT2D eigenvalue weighted by molar-refractivity contribution is 7.13. The van der Waals surface area contributed by atoms with Crippen molar-refractivity contribution in [3.8, 4) is 0 Å². The molecule has 2 rings (SSSR count).